The number of pyridine rings is 1. The molecule has 2 aromatic carbocycles. The van der Waals surface area contributed by atoms with Crippen LogP contribution in [0.3, 0.4) is 0 Å². The van der Waals surface area contributed by atoms with Crippen molar-refractivity contribution < 1.29 is 14.6 Å². The zero-order valence-corrected chi connectivity index (χ0v) is 18.2. The van der Waals surface area contributed by atoms with Crippen molar-refractivity contribution in [2.24, 2.45) is 0 Å². The standard InChI is InChI=1S/C27H26FN3O2/c28-21-6-3-5-20-24-15-29-16-31(24)23(26(20)21)14-25(32)27(33)11-8-17(9-12-27)18-10-13-30-22-7-2-1-4-19(18)22/h1-7,10,13,15-17,23,25,32-33H,8-9,11-12,14H2. The molecule has 0 radical (unpaired) electrons. The number of nitrogens with zero attached hydrogens (tertiary/aromatic N) is 3. The number of rotatable bonds is 4. The van der Waals surface area contributed by atoms with E-state index in [4.69, 9.17) is 0 Å². The van der Waals surface area contributed by atoms with Crippen LogP contribution in [0.4, 0.5) is 4.39 Å². The molecule has 0 amide bonds. The SMILES string of the molecule is OC(CC1c2c(F)cccc2-c2cncn21)C1(O)CCC(c2ccnc3ccccc23)CC1. The number of fused-ring (bicyclic) bond motifs is 4. The first kappa shape index (κ1) is 20.5. The van der Waals surface area contributed by atoms with Crippen LogP contribution in [-0.4, -0.2) is 36.5 Å². The van der Waals surface area contributed by atoms with Gasteiger partial charge < -0.3 is 14.8 Å². The first-order valence-corrected chi connectivity index (χ1v) is 11.6. The molecule has 2 unspecified atom stereocenters. The van der Waals surface area contributed by atoms with Gasteiger partial charge in [-0.3, -0.25) is 4.98 Å². The number of imidazole rings is 1. The second kappa shape index (κ2) is 7.75. The quantitative estimate of drug-likeness (QED) is 0.467. The van der Waals surface area contributed by atoms with Gasteiger partial charge in [-0.05, 0) is 55.4 Å². The Morgan fingerprint density at radius 1 is 1.09 bits per heavy atom. The fraction of sp³-hybridized carbons (Fsp3) is 0.333. The molecule has 0 bridgehead atoms. The van der Waals surface area contributed by atoms with Gasteiger partial charge in [0.15, 0.2) is 0 Å². The Morgan fingerprint density at radius 3 is 2.76 bits per heavy atom. The number of benzene rings is 2. The Morgan fingerprint density at radius 2 is 1.91 bits per heavy atom. The second-order valence-corrected chi connectivity index (χ2v) is 9.45. The molecule has 0 spiro atoms. The van der Waals surface area contributed by atoms with Gasteiger partial charge in [0.05, 0.1) is 41.5 Å². The van der Waals surface area contributed by atoms with Gasteiger partial charge in [-0.15, -0.1) is 0 Å². The van der Waals surface area contributed by atoms with Crippen molar-refractivity contribution in [3.63, 3.8) is 0 Å². The summed E-state index contributed by atoms with van der Waals surface area (Å²) in [4.78, 5) is 8.68. The lowest BCUT2D eigenvalue weighted by molar-refractivity contribution is -0.105. The summed E-state index contributed by atoms with van der Waals surface area (Å²) in [5, 5.41) is 23.8. The average Bonchev–Trinajstić information content (AvgIpc) is 3.42. The summed E-state index contributed by atoms with van der Waals surface area (Å²) >= 11 is 0. The van der Waals surface area contributed by atoms with Crippen molar-refractivity contribution in [3.8, 4) is 11.3 Å². The van der Waals surface area contributed by atoms with E-state index in [1.165, 1.54) is 11.6 Å². The summed E-state index contributed by atoms with van der Waals surface area (Å²) in [7, 11) is 0. The van der Waals surface area contributed by atoms with Crippen LogP contribution < -0.4 is 0 Å². The number of para-hydroxylation sites is 1. The largest absolute Gasteiger partial charge is 0.390 e. The smallest absolute Gasteiger partial charge is 0.129 e. The Kier molecular flexibility index (Phi) is 4.82. The van der Waals surface area contributed by atoms with Crippen molar-refractivity contribution in [1.29, 1.82) is 0 Å². The van der Waals surface area contributed by atoms with E-state index in [9.17, 15) is 14.6 Å². The van der Waals surface area contributed by atoms with E-state index in [0.29, 0.717) is 24.3 Å². The summed E-state index contributed by atoms with van der Waals surface area (Å²) in [6.45, 7) is 0. The summed E-state index contributed by atoms with van der Waals surface area (Å²) in [5.74, 6) is 0.0314. The molecule has 5 nitrogen and oxygen atoms in total. The van der Waals surface area contributed by atoms with Gasteiger partial charge in [0, 0.05) is 29.1 Å². The fourth-order valence-electron chi connectivity index (χ4n) is 5.90. The maximum absolute atomic E-state index is 14.8. The number of hydrogen-bond donors (Lipinski definition) is 2. The number of aliphatic hydroxyl groups is 2. The Bertz CT molecular complexity index is 1320. The van der Waals surface area contributed by atoms with Gasteiger partial charge in [-0.1, -0.05) is 30.3 Å². The minimum atomic E-state index is -1.19. The third kappa shape index (κ3) is 3.28. The molecule has 2 aromatic heterocycles. The molecule has 0 saturated heterocycles. The predicted octanol–water partition coefficient (Wildman–Crippen LogP) is 4.98. The molecule has 1 aliphatic heterocycles. The van der Waals surface area contributed by atoms with E-state index in [0.717, 1.165) is 35.0 Å². The number of halogens is 1. The molecule has 2 aliphatic rings. The summed E-state index contributed by atoms with van der Waals surface area (Å²) < 4.78 is 16.7. The van der Waals surface area contributed by atoms with Crippen LogP contribution >= 0.6 is 0 Å². The van der Waals surface area contributed by atoms with E-state index in [1.54, 1.807) is 18.6 Å². The normalized spacial score (nSPS) is 25.1. The minimum Gasteiger partial charge on any atom is -0.390 e. The molecule has 33 heavy (non-hydrogen) atoms. The zero-order chi connectivity index (χ0) is 22.6. The first-order chi connectivity index (χ1) is 16.0. The summed E-state index contributed by atoms with van der Waals surface area (Å²) in [6.07, 6.45) is 7.12. The Balaban J connectivity index is 1.22. The molecular formula is C27H26FN3O2. The lowest BCUT2D eigenvalue weighted by atomic mass is 9.72. The highest BCUT2D eigenvalue weighted by Crippen LogP contribution is 2.46. The monoisotopic (exact) mass is 443 g/mol. The predicted molar refractivity (Wildman–Crippen MR) is 124 cm³/mol. The highest BCUT2D eigenvalue weighted by Gasteiger charge is 2.43. The van der Waals surface area contributed by atoms with Crippen LogP contribution in [0, 0.1) is 5.82 Å². The van der Waals surface area contributed by atoms with Gasteiger partial charge in [-0.2, -0.15) is 0 Å². The molecule has 6 rings (SSSR count). The fourth-order valence-corrected chi connectivity index (χ4v) is 5.90. The van der Waals surface area contributed by atoms with Crippen molar-refractivity contribution in [2.45, 2.75) is 55.8 Å². The third-order valence-electron chi connectivity index (χ3n) is 7.70. The van der Waals surface area contributed by atoms with Crippen LogP contribution in [0.1, 0.15) is 55.2 Å². The third-order valence-corrected chi connectivity index (χ3v) is 7.70. The van der Waals surface area contributed by atoms with Crippen molar-refractivity contribution >= 4 is 10.9 Å². The molecule has 1 aliphatic carbocycles. The van der Waals surface area contributed by atoms with E-state index < -0.39 is 11.7 Å². The molecule has 3 heterocycles. The highest BCUT2D eigenvalue weighted by molar-refractivity contribution is 5.82. The summed E-state index contributed by atoms with van der Waals surface area (Å²) in [5.41, 5.74) is 3.29. The van der Waals surface area contributed by atoms with Crippen molar-refractivity contribution in [2.75, 3.05) is 0 Å². The molecule has 168 valence electrons. The number of aromatic nitrogens is 3. The van der Waals surface area contributed by atoms with Crippen LogP contribution in [0.25, 0.3) is 22.2 Å². The maximum atomic E-state index is 14.8. The zero-order valence-electron chi connectivity index (χ0n) is 18.2. The van der Waals surface area contributed by atoms with Crippen LogP contribution in [-0.2, 0) is 0 Å². The van der Waals surface area contributed by atoms with Crippen LogP contribution in [0.5, 0.6) is 0 Å². The number of aliphatic hydroxyl groups excluding tert-OH is 1. The molecule has 1 fully saturated rings. The number of hydrogen-bond acceptors (Lipinski definition) is 4. The van der Waals surface area contributed by atoms with Crippen molar-refractivity contribution in [3.05, 3.63) is 84.2 Å². The Hall–Kier alpha value is -3.09. The summed E-state index contributed by atoms with van der Waals surface area (Å²) in [6, 6.07) is 14.9. The van der Waals surface area contributed by atoms with Gasteiger partial charge in [0.2, 0.25) is 0 Å². The van der Waals surface area contributed by atoms with E-state index >= 15 is 0 Å². The van der Waals surface area contributed by atoms with E-state index in [1.807, 2.05) is 35.0 Å². The maximum Gasteiger partial charge on any atom is 0.129 e. The van der Waals surface area contributed by atoms with E-state index in [2.05, 4.69) is 22.1 Å². The topological polar surface area (TPSA) is 71.2 Å². The van der Waals surface area contributed by atoms with Crippen molar-refractivity contribution in [1.82, 2.24) is 14.5 Å². The molecule has 2 atom stereocenters. The molecular weight excluding hydrogens is 417 g/mol. The molecule has 4 aromatic rings. The van der Waals surface area contributed by atoms with Gasteiger partial charge >= 0.3 is 0 Å². The first-order valence-electron chi connectivity index (χ1n) is 11.6. The van der Waals surface area contributed by atoms with Gasteiger partial charge in [0.25, 0.3) is 0 Å². The lowest BCUT2D eigenvalue weighted by Gasteiger charge is -2.40. The molecule has 2 N–H and O–H groups in total. The highest BCUT2D eigenvalue weighted by atomic mass is 19.1. The second-order valence-electron chi connectivity index (χ2n) is 9.45. The minimum absolute atomic E-state index is 0.247. The lowest BCUT2D eigenvalue weighted by Crippen LogP contribution is -2.46. The van der Waals surface area contributed by atoms with Gasteiger partial charge in [0.1, 0.15) is 5.82 Å². The molecule has 1 saturated carbocycles. The molecule has 6 heteroatoms. The van der Waals surface area contributed by atoms with Gasteiger partial charge in [-0.25, -0.2) is 9.37 Å². The Labute approximate surface area is 191 Å². The van der Waals surface area contributed by atoms with Crippen LogP contribution in [0.15, 0.2) is 67.3 Å². The van der Waals surface area contributed by atoms with Crippen LogP contribution in [0.2, 0.25) is 0 Å². The average molecular weight is 444 g/mol. The van der Waals surface area contributed by atoms with E-state index in [-0.39, 0.29) is 18.3 Å².